The van der Waals surface area contributed by atoms with Crippen LogP contribution in [0.25, 0.3) is 0 Å². The van der Waals surface area contributed by atoms with E-state index in [2.05, 4.69) is 63.9 Å². The van der Waals surface area contributed by atoms with Crippen molar-refractivity contribution in [2.75, 3.05) is 13.2 Å². The van der Waals surface area contributed by atoms with Crippen molar-refractivity contribution < 1.29 is 14.3 Å². The average molecular weight is 460 g/mol. The molecule has 1 aliphatic carbocycles. The third-order valence-corrected chi connectivity index (χ3v) is 13.2. The molecule has 0 saturated carbocycles. The number of hydrogen-bond donors (Lipinski definition) is 1. The summed E-state index contributed by atoms with van der Waals surface area (Å²) in [6, 6.07) is 7.73. The predicted molar refractivity (Wildman–Crippen MR) is 133 cm³/mol. The lowest BCUT2D eigenvalue weighted by Crippen LogP contribution is -2.48. The van der Waals surface area contributed by atoms with Gasteiger partial charge in [0.1, 0.15) is 6.23 Å². The minimum Gasteiger partial charge on any atom is -0.417 e. The van der Waals surface area contributed by atoms with Crippen LogP contribution in [0, 0.1) is 5.92 Å². The summed E-state index contributed by atoms with van der Waals surface area (Å²) in [6.45, 7) is 15.0. The zero-order valence-electron chi connectivity index (χ0n) is 21.2. The molecule has 1 N–H and O–H groups in total. The summed E-state index contributed by atoms with van der Waals surface area (Å²) >= 11 is 0. The van der Waals surface area contributed by atoms with Crippen molar-refractivity contribution in [3.8, 4) is 0 Å². The Morgan fingerprint density at radius 1 is 1.22 bits per heavy atom. The molecule has 0 bridgehead atoms. The number of aliphatic hydroxyl groups is 1. The molecule has 0 radical (unpaired) electrons. The maximum atomic E-state index is 9.98. The monoisotopic (exact) mass is 459 g/mol. The molecule has 0 aromatic heterocycles. The van der Waals surface area contributed by atoms with Crippen LogP contribution in [-0.2, 0) is 22.0 Å². The van der Waals surface area contributed by atoms with E-state index in [9.17, 15) is 5.11 Å². The lowest BCUT2D eigenvalue weighted by molar-refractivity contribution is -0.0702. The highest BCUT2D eigenvalue weighted by Gasteiger charge is 2.53. The van der Waals surface area contributed by atoms with Gasteiger partial charge in [-0.05, 0) is 72.8 Å². The molecular formula is C27H45NO3Si. The Kier molecular flexibility index (Phi) is 7.24. The Morgan fingerprint density at radius 3 is 2.69 bits per heavy atom. The fourth-order valence-corrected chi connectivity index (χ4v) is 7.03. The first kappa shape index (κ1) is 24.4. The van der Waals surface area contributed by atoms with Gasteiger partial charge in [0.2, 0.25) is 0 Å². The largest absolute Gasteiger partial charge is 0.417 e. The van der Waals surface area contributed by atoms with E-state index in [0.29, 0.717) is 18.0 Å². The molecule has 180 valence electrons. The molecule has 0 spiro atoms. The molecule has 32 heavy (non-hydrogen) atoms. The van der Waals surface area contributed by atoms with Gasteiger partial charge in [0.25, 0.3) is 0 Å². The predicted octanol–water partition coefficient (Wildman–Crippen LogP) is 5.84. The van der Waals surface area contributed by atoms with E-state index < -0.39 is 8.32 Å². The summed E-state index contributed by atoms with van der Waals surface area (Å²) < 4.78 is 13.1. The third-order valence-electron chi connectivity index (χ3n) is 8.63. The first-order valence-corrected chi connectivity index (χ1v) is 15.9. The van der Waals surface area contributed by atoms with Crippen molar-refractivity contribution in [2.24, 2.45) is 5.92 Å². The van der Waals surface area contributed by atoms with E-state index in [1.54, 1.807) is 5.56 Å². The molecule has 0 unspecified atom stereocenters. The van der Waals surface area contributed by atoms with Gasteiger partial charge in [0.05, 0.1) is 12.1 Å². The van der Waals surface area contributed by atoms with E-state index in [4.69, 9.17) is 9.16 Å². The Hall–Kier alpha value is -0.723. The van der Waals surface area contributed by atoms with E-state index >= 15 is 0 Å². The molecule has 2 heterocycles. The standard InChI is InChI=1S/C27H45NO3Si/c1-7-10-20-11-8-12-21-17-23-26(25(20)21)28-22(15-19(18-29)16-24(28)31-23)13-9-14-30-32(5,6)27(2,3)4/h8,11-12,19,22-24,26,29H,7,9-10,13-18H2,1-6H3/t19-,22-,23-,24-,26-/m1/s1. The van der Waals surface area contributed by atoms with Gasteiger partial charge < -0.3 is 14.3 Å². The van der Waals surface area contributed by atoms with Crippen LogP contribution >= 0.6 is 0 Å². The number of fused-ring (bicyclic) bond motifs is 5. The fraction of sp³-hybridized carbons (Fsp3) is 0.778. The van der Waals surface area contributed by atoms with Crippen molar-refractivity contribution in [1.29, 1.82) is 0 Å². The number of hydrogen-bond acceptors (Lipinski definition) is 4. The fourth-order valence-electron chi connectivity index (χ4n) is 5.95. The second kappa shape index (κ2) is 9.50. The van der Waals surface area contributed by atoms with Gasteiger partial charge in [-0.1, -0.05) is 52.3 Å². The van der Waals surface area contributed by atoms with Crippen LogP contribution in [0.5, 0.6) is 0 Å². The molecule has 2 aliphatic heterocycles. The summed E-state index contributed by atoms with van der Waals surface area (Å²) in [7, 11) is -1.70. The van der Waals surface area contributed by atoms with E-state index in [1.807, 2.05) is 0 Å². The van der Waals surface area contributed by atoms with E-state index in [0.717, 1.165) is 45.1 Å². The minimum atomic E-state index is -1.70. The number of ether oxygens (including phenoxy) is 1. The molecule has 0 amide bonds. The van der Waals surface area contributed by atoms with Crippen LogP contribution in [0.2, 0.25) is 18.1 Å². The Labute approximate surface area is 196 Å². The topological polar surface area (TPSA) is 41.9 Å². The lowest BCUT2D eigenvalue weighted by atomic mass is 9.86. The molecule has 1 aromatic rings. The van der Waals surface area contributed by atoms with Gasteiger partial charge >= 0.3 is 0 Å². The second-order valence-electron chi connectivity index (χ2n) is 11.9. The summed E-state index contributed by atoms with van der Waals surface area (Å²) in [5.74, 6) is 0.353. The summed E-state index contributed by atoms with van der Waals surface area (Å²) in [5.41, 5.74) is 4.58. The highest BCUT2D eigenvalue weighted by atomic mass is 28.4. The van der Waals surface area contributed by atoms with Gasteiger partial charge in [-0.3, -0.25) is 4.90 Å². The summed E-state index contributed by atoms with van der Waals surface area (Å²) in [6.07, 6.45) is 8.04. The number of piperidine rings is 1. The van der Waals surface area contributed by atoms with Crippen molar-refractivity contribution in [2.45, 2.75) is 115 Å². The number of rotatable bonds is 8. The van der Waals surface area contributed by atoms with Crippen molar-refractivity contribution in [3.63, 3.8) is 0 Å². The van der Waals surface area contributed by atoms with Crippen LogP contribution in [0.4, 0.5) is 0 Å². The molecule has 1 aromatic carbocycles. The van der Waals surface area contributed by atoms with Crippen LogP contribution in [0.15, 0.2) is 18.2 Å². The van der Waals surface area contributed by atoms with Gasteiger partial charge in [0.15, 0.2) is 8.32 Å². The van der Waals surface area contributed by atoms with Crippen molar-refractivity contribution in [3.05, 3.63) is 34.9 Å². The molecule has 2 fully saturated rings. The third kappa shape index (κ3) is 4.61. The molecule has 4 rings (SSSR count). The lowest BCUT2D eigenvalue weighted by Gasteiger charge is -2.43. The van der Waals surface area contributed by atoms with Crippen molar-refractivity contribution >= 4 is 8.32 Å². The summed E-state index contributed by atoms with van der Waals surface area (Å²) in [4.78, 5) is 2.72. The first-order chi connectivity index (χ1) is 15.2. The molecule has 5 heteroatoms. The van der Waals surface area contributed by atoms with Crippen LogP contribution in [0.1, 0.15) is 82.5 Å². The summed E-state index contributed by atoms with van der Waals surface area (Å²) in [5, 5.41) is 10.2. The highest BCUT2D eigenvalue weighted by Crippen LogP contribution is 2.51. The van der Waals surface area contributed by atoms with Gasteiger partial charge in [0, 0.05) is 25.7 Å². The minimum absolute atomic E-state index is 0.157. The molecular weight excluding hydrogens is 414 g/mol. The maximum Gasteiger partial charge on any atom is 0.191 e. The van der Waals surface area contributed by atoms with Crippen LogP contribution < -0.4 is 0 Å². The second-order valence-corrected chi connectivity index (χ2v) is 16.7. The molecule has 3 aliphatic rings. The van der Waals surface area contributed by atoms with Gasteiger partial charge in [-0.25, -0.2) is 0 Å². The first-order valence-electron chi connectivity index (χ1n) is 12.9. The molecule has 4 nitrogen and oxygen atoms in total. The smallest absolute Gasteiger partial charge is 0.191 e. The van der Waals surface area contributed by atoms with E-state index in [1.165, 1.54) is 17.5 Å². The van der Waals surface area contributed by atoms with Gasteiger partial charge in [-0.15, -0.1) is 0 Å². The maximum absolute atomic E-state index is 9.98. The number of aryl methyl sites for hydroxylation is 1. The van der Waals surface area contributed by atoms with Crippen molar-refractivity contribution in [1.82, 2.24) is 4.90 Å². The number of aliphatic hydroxyl groups excluding tert-OH is 1. The normalized spacial score (nSPS) is 30.3. The SMILES string of the molecule is CCCc1cccc2c1[C@H]1[C@@H](C2)O[C@@H]2C[C@H](CO)C[C@@H](CCCO[Si](C)(C)C(C)(C)C)N21. The Morgan fingerprint density at radius 2 is 2.00 bits per heavy atom. The number of benzene rings is 1. The van der Waals surface area contributed by atoms with Gasteiger partial charge in [-0.2, -0.15) is 0 Å². The zero-order valence-corrected chi connectivity index (χ0v) is 22.2. The molecule has 5 atom stereocenters. The van der Waals surface area contributed by atoms with Crippen LogP contribution in [-0.4, -0.2) is 49.9 Å². The quantitative estimate of drug-likeness (QED) is 0.392. The molecule has 2 saturated heterocycles. The Balaban J connectivity index is 1.50. The van der Waals surface area contributed by atoms with E-state index in [-0.39, 0.29) is 24.0 Å². The number of nitrogens with zero attached hydrogens (tertiary/aromatic N) is 1. The highest BCUT2D eigenvalue weighted by molar-refractivity contribution is 6.74. The van der Waals surface area contributed by atoms with Crippen LogP contribution in [0.3, 0.4) is 0 Å². The zero-order chi connectivity index (χ0) is 23.1. The Bertz CT molecular complexity index is 790. The average Bonchev–Trinajstić information content (AvgIpc) is 3.26.